The quantitative estimate of drug-likeness (QED) is 0.809. The van der Waals surface area contributed by atoms with Crippen LogP contribution >= 0.6 is 23.8 Å². The van der Waals surface area contributed by atoms with Gasteiger partial charge in [-0.3, -0.25) is 5.10 Å². The first-order valence-electron chi connectivity index (χ1n) is 4.88. The van der Waals surface area contributed by atoms with Crippen LogP contribution < -0.4 is 0 Å². The molecule has 1 N–H and O–H groups in total. The molecule has 16 heavy (non-hydrogen) atoms. The van der Waals surface area contributed by atoms with Gasteiger partial charge >= 0.3 is 0 Å². The molecule has 0 aliphatic carbocycles. The Morgan fingerprint density at radius 3 is 2.81 bits per heavy atom. The van der Waals surface area contributed by atoms with Gasteiger partial charge in [-0.05, 0) is 24.6 Å². The molecule has 1 aromatic carbocycles. The summed E-state index contributed by atoms with van der Waals surface area (Å²) in [6.45, 7) is 1.99. The Bertz CT molecular complexity index is 553. The number of halogens is 2. The van der Waals surface area contributed by atoms with Crippen molar-refractivity contribution in [2.75, 3.05) is 0 Å². The molecular weight excluding hydrogens is 247 g/mol. The highest BCUT2D eigenvalue weighted by Crippen LogP contribution is 2.23. The molecule has 2 nitrogen and oxygen atoms in total. The van der Waals surface area contributed by atoms with Crippen molar-refractivity contribution < 1.29 is 4.39 Å². The molecule has 0 aliphatic heterocycles. The second-order valence-corrected chi connectivity index (χ2v) is 4.20. The van der Waals surface area contributed by atoms with Crippen LogP contribution in [0.1, 0.15) is 12.6 Å². The highest BCUT2D eigenvalue weighted by molar-refractivity contribution is 7.71. The lowest BCUT2D eigenvalue weighted by Crippen LogP contribution is -2.01. The van der Waals surface area contributed by atoms with E-state index in [0.29, 0.717) is 9.66 Å². The average Bonchev–Trinajstić information content (AvgIpc) is 2.60. The van der Waals surface area contributed by atoms with E-state index in [0.717, 1.165) is 12.1 Å². The summed E-state index contributed by atoms with van der Waals surface area (Å²) < 4.78 is 15.7. The van der Waals surface area contributed by atoms with Crippen molar-refractivity contribution in [2.24, 2.45) is 0 Å². The van der Waals surface area contributed by atoms with Crippen molar-refractivity contribution >= 4 is 23.8 Å². The molecule has 0 saturated heterocycles. The molecule has 0 saturated carbocycles. The smallest absolute Gasteiger partial charge is 0.150 e. The Hall–Kier alpha value is -1.13. The highest BCUT2D eigenvalue weighted by atomic mass is 35.5. The fourth-order valence-electron chi connectivity index (χ4n) is 1.49. The molecule has 0 spiro atoms. The zero-order valence-corrected chi connectivity index (χ0v) is 10.2. The van der Waals surface area contributed by atoms with Crippen LogP contribution in [0.4, 0.5) is 4.39 Å². The molecule has 1 aromatic heterocycles. The monoisotopic (exact) mass is 256 g/mol. The number of nitrogens with zero attached hydrogens (tertiary/aromatic N) is 1. The van der Waals surface area contributed by atoms with Crippen LogP contribution in [0.2, 0.25) is 5.02 Å². The summed E-state index contributed by atoms with van der Waals surface area (Å²) in [5, 5.41) is 3.35. The van der Waals surface area contributed by atoms with Gasteiger partial charge < -0.3 is 0 Å². The van der Waals surface area contributed by atoms with Crippen LogP contribution in [0.25, 0.3) is 5.69 Å². The molecule has 5 heteroatoms. The number of H-pyrrole nitrogens is 1. The third-order valence-electron chi connectivity index (χ3n) is 2.32. The lowest BCUT2D eigenvalue weighted by molar-refractivity contribution is 0.609. The van der Waals surface area contributed by atoms with E-state index in [1.807, 2.05) is 6.92 Å². The van der Waals surface area contributed by atoms with Gasteiger partial charge in [0.05, 0.1) is 5.02 Å². The molecule has 0 fully saturated rings. The lowest BCUT2D eigenvalue weighted by Gasteiger charge is -2.06. The van der Waals surface area contributed by atoms with Gasteiger partial charge in [0.25, 0.3) is 0 Å². The molecule has 0 bridgehead atoms. The van der Waals surface area contributed by atoms with E-state index in [-0.39, 0.29) is 5.69 Å². The van der Waals surface area contributed by atoms with Gasteiger partial charge in [0.2, 0.25) is 0 Å². The summed E-state index contributed by atoms with van der Waals surface area (Å²) in [7, 11) is 0. The number of hydrogen-bond donors (Lipinski definition) is 1. The minimum Gasteiger partial charge on any atom is -0.297 e. The molecule has 0 unspecified atom stereocenters. The van der Waals surface area contributed by atoms with Gasteiger partial charge in [0.1, 0.15) is 16.1 Å². The maximum Gasteiger partial charge on any atom is 0.150 e. The highest BCUT2D eigenvalue weighted by Gasteiger charge is 2.10. The van der Waals surface area contributed by atoms with Crippen LogP contribution in [0.5, 0.6) is 0 Å². The van der Waals surface area contributed by atoms with Crippen LogP contribution in [-0.2, 0) is 6.42 Å². The van der Waals surface area contributed by atoms with Crippen molar-refractivity contribution in [1.29, 1.82) is 0 Å². The molecule has 2 aromatic rings. The maximum atomic E-state index is 13.7. The van der Waals surface area contributed by atoms with Crippen LogP contribution in [0.3, 0.4) is 0 Å². The van der Waals surface area contributed by atoms with Gasteiger partial charge in [-0.25, -0.2) is 9.07 Å². The number of para-hydroxylation sites is 1. The van der Waals surface area contributed by atoms with E-state index in [4.69, 9.17) is 23.8 Å². The number of rotatable bonds is 2. The Morgan fingerprint density at radius 1 is 1.50 bits per heavy atom. The van der Waals surface area contributed by atoms with Crippen LogP contribution in [-0.4, -0.2) is 9.78 Å². The molecule has 2 rings (SSSR count). The van der Waals surface area contributed by atoms with Crippen molar-refractivity contribution in [3.05, 3.63) is 45.4 Å². The van der Waals surface area contributed by atoms with Crippen LogP contribution in [0, 0.1) is 10.5 Å². The third-order valence-corrected chi connectivity index (χ3v) is 2.92. The molecular formula is C11H10ClFN2S. The summed E-state index contributed by atoms with van der Waals surface area (Å²) in [5.41, 5.74) is 1.22. The molecule has 84 valence electrons. The fraction of sp³-hybridized carbons (Fsp3) is 0.182. The largest absolute Gasteiger partial charge is 0.297 e. The summed E-state index contributed by atoms with van der Waals surface area (Å²) in [5.74, 6) is -0.395. The van der Waals surface area contributed by atoms with E-state index >= 15 is 0 Å². The second-order valence-electron chi connectivity index (χ2n) is 3.38. The first-order chi connectivity index (χ1) is 7.63. The van der Waals surface area contributed by atoms with E-state index in [2.05, 4.69) is 5.10 Å². The SMILES string of the molecule is CCc1cc(=S)n(-c2c(F)cccc2Cl)[nH]1. The normalized spacial score (nSPS) is 10.7. The average molecular weight is 257 g/mol. The Labute approximate surface area is 103 Å². The predicted molar refractivity (Wildman–Crippen MR) is 65.3 cm³/mol. The van der Waals surface area contributed by atoms with Gasteiger partial charge in [-0.1, -0.05) is 36.8 Å². The summed E-state index contributed by atoms with van der Waals surface area (Å²) >= 11 is 11.1. The van der Waals surface area contributed by atoms with E-state index in [1.165, 1.54) is 10.7 Å². The van der Waals surface area contributed by atoms with E-state index in [9.17, 15) is 4.39 Å². The number of aryl methyl sites for hydroxylation is 1. The summed E-state index contributed by atoms with van der Waals surface area (Å²) in [6, 6.07) is 6.36. The molecule has 0 atom stereocenters. The number of benzene rings is 1. The van der Waals surface area contributed by atoms with E-state index < -0.39 is 5.82 Å². The number of aromatic amines is 1. The zero-order chi connectivity index (χ0) is 11.7. The second kappa shape index (κ2) is 4.39. The number of nitrogens with one attached hydrogen (secondary N) is 1. The predicted octanol–water partition coefficient (Wildman–Crippen LogP) is 3.89. The molecule has 0 radical (unpaired) electrons. The first kappa shape index (κ1) is 11.4. The standard InChI is InChI=1S/C11H10ClFN2S/c1-2-7-6-10(16)15(14-7)11-8(12)4-3-5-9(11)13/h3-6,14H,2H2,1H3. The summed E-state index contributed by atoms with van der Waals surface area (Å²) in [4.78, 5) is 0. The van der Waals surface area contributed by atoms with Crippen molar-refractivity contribution in [3.63, 3.8) is 0 Å². The van der Waals surface area contributed by atoms with Crippen molar-refractivity contribution in [1.82, 2.24) is 9.78 Å². The molecule has 1 heterocycles. The maximum absolute atomic E-state index is 13.7. The minimum atomic E-state index is -0.395. The number of aromatic nitrogens is 2. The van der Waals surface area contributed by atoms with Gasteiger partial charge in [0.15, 0.2) is 0 Å². The zero-order valence-electron chi connectivity index (χ0n) is 8.63. The Balaban J connectivity index is 2.67. The molecule has 0 aliphatic rings. The lowest BCUT2D eigenvalue weighted by atomic mass is 10.3. The van der Waals surface area contributed by atoms with Crippen LogP contribution in [0.15, 0.2) is 24.3 Å². The summed E-state index contributed by atoms with van der Waals surface area (Å²) in [6.07, 6.45) is 0.808. The molecule has 0 amide bonds. The van der Waals surface area contributed by atoms with E-state index in [1.54, 1.807) is 18.2 Å². The van der Waals surface area contributed by atoms with Gasteiger partial charge in [-0.2, -0.15) is 0 Å². The van der Waals surface area contributed by atoms with Crippen molar-refractivity contribution in [2.45, 2.75) is 13.3 Å². The minimum absolute atomic E-state index is 0.272. The van der Waals surface area contributed by atoms with Crippen molar-refractivity contribution in [3.8, 4) is 5.69 Å². The Morgan fingerprint density at radius 2 is 2.25 bits per heavy atom. The topological polar surface area (TPSA) is 20.7 Å². The van der Waals surface area contributed by atoms with Gasteiger partial charge in [-0.15, -0.1) is 0 Å². The fourth-order valence-corrected chi connectivity index (χ4v) is 2.02. The first-order valence-corrected chi connectivity index (χ1v) is 5.67. The number of hydrogen-bond acceptors (Lipinski definition) is 1. The van der Waals surface area contributed by atoms with Gasteiger partial charge in [0, 0.05) is 5.69 Å². The Kier molecular flexibility index (Phi) is 3.12. The third kappa shape index (κ3) is 1.90.